The third-order valence-electron chi connectivity index (χ3n) is 4.21. The van der Waals surface area contributed by atoms with Crippen LogP contribution in [0.2, 0.25) is 0 Å². The molecule has 3 aromatic rings. The molecule has 32 heavy (non-hydrogen) atoms. The van der Waals surface area contributed by atoms with Gasteiger partial charge in [0.2, 0.25) is 5.95 Å². The molecule has 9 nitrogen and oxygen atoms in total. The first-order valence-corrected chi connectivity index (χ1v) is 11.3. The Morgan fingerprint density at radius 2 is 1.62 bits per heavy atom. The van der Waals surface area contributed by atoms with E-state index in [2.05, 4.69) is 25.3 Å². The van der Waals surface area contributed by atoms with Gasteiger partial charge in [0.1, 0.15) is 5.75 Å². The first-order chi connectivity index (χ1) is 15.2. The molecule has 0 unspecified atom stereocenters. The molecule has 1 aromatic heterocycles. The zero-order valence-corrected chi connectivity index (χ0v) is 19.2. The second kappa shape index (κ2) is 9.71. The van der Waals surface area contributed by atoms with Crippen molar-refractivity contribution in [2.24, 2.45) is 0 Å². The number of carbonyl (C=O) groups excluding carboxylic acids is 1. The van der Waals surface area contributed by atoms with E-state index in [1.54, 1.807) is 44.2 Å². The maximum Gasteiger partial charge on any atom is 0.264 e. The monoisotopic (exact) mass is 471 g/mol. The maximum absolute atomic E-state index is 12.6. The molecular weight excluding hydrogens is 450 g/mol. The average Bonchev–Trinajstić information content (AvgIpc) is 2.72. The van der Waals surface area contributed by atoms with Gasteiger partial charge in [-0.2, -0.15) is 0 Å². The highest BCUT2D eigenvalue weighted by Gasteiger charge is 2.17. The number of anilines is 2. The normalized spacial score (nSPS) is 10.8. The lowest BCUT2D eigenvalue weighted by Crippen LogP contribution is -2.34. The first kappa shape index (κ1) is 23.1. The standard InChI is InChI=1S/C21H21N5O4S2/c1-13-12-14(2)23-20(22-13)26-32(28,29)16-10-8-15(9-11-16)24-21(31)25-19(27)17-6-4-5-7-18(17)30-3/h4-12H,1-3H3,(H,22,23,26)(H2,24,25,27,31). The highest BCUT2D eigenvalue weighted by Crippen LogP contribution is 2.18. The molecule has 3 rings (SSSR count). The molecule has 0 radical (unpaired) electrons. The molecule has 1 amide bonds. The van der Waals surface area contributed by atoms with E-state index in [1.165, 1.54) is 31.4 Å². The fraction of sp³-hybridized carbons (Fsp3) is 0.143. The molecule has 0 atom stereocenters. The molecule has 0 aliphatic rings. The van der Waals surface area contributed by atoms with Gasteiger partial charge in [-0.25, -0.2) is 23.1 Å². The molecule has 2 aromatic carbocycles. The van der Waals surface area contributed by atoms with Crippen molar-refractivity contribution in [1.29, 1.82) is 0 Å². The number of hydrogen-bond acceptors (Lipinski definition) is 7. The quantitative estimate of drug-likeness (QED) is 0.469. The van der Waals surface area contributed by atoms with Gasteiger partial charge in [-0.1, -0.05) is 12.1 Å². The highest BCUT2D eigenvalue weighted by atomic mass is 32.2. The number of nitrogens with one attached hydrogen (secondary N) is 3. The van der Waals surface area contributed by atoms with Gasteiger partial charge in [0.05, 0.1) is 17.6 Å². The van der Waals surface area contributed by atoms with Crippen LogP contribution in [0, 0.1) is 13.8 Å². The number of thiocarbonyl (C=S) groups is 1. The van der Waals surface area contributed by atoms with Gasteiger partial charge in [0, 0.05) is 17.1 Å². The van der Waals surface area contributed by atoms with Crippen molar-refractivity contribution < 1.29 is 17.9 Å². The van der Waals surface area contributed by atoms with Crippen molar-refractivity contribution in [3.63, 3.8) is 0 Å². The summed E-state index contributed by atoms with van der Waals surface area (Å²) < 4.78 is 32.8. The minimum atomic E-state index is -3.87. The Hall–Kier alpha value is -3.57. The van der Waals surface area contributed by atoms with Crippen LogP contribution < -0.4 is 20.1 Å². The van der Waals surface area contributed by atoms with Crippen LogP contribution in [0.1, 0.15) is 21.7 Å². The molecule has 0 fully saturated rings. The van der Waals surface area contributed by atoms with E-state index in [0.29, 0.717) is 28.4 Å². The molecule has 0 bridgehead atoms. The van der Waals surface area contributed by atoms with Gasteiger partial charge in [-0.3, -0.25) is 10.1 Å². The van der Waals surface area contributed by atoms with Crippen LogP contribution in [0.5, 0.6) is 5.75 Å². The number of ether oxygens (including phenoxy) is 1. The topological polar surface area (TPSA) is 122 Å². The summed E-state index contributed by atoms with van der Waals surface area (Å²) in [5.41, 5.74) is 2.13. The SMILES string of the molecule is COc1ccccc1C(=O)NC(=S)Nc1ccc(S(=O)(=O)Nc2nc(C)cc(C)n2)cc1. The van der Waals surface area contributed by atoms with Crippen molar-refractivity contribution in [2.45, 2.75) is 18.7 Å². The van der Waals surface area contributed by atoms with Crippen molar-refractivity contribution in [3.05, 3.63) is 71.5 Å². The van der Waals surface area contributed by atoms with E-state index in [4.69, 9.17) is 17.0 Å². The molecule has 1 heterocycles. The highest BCUT2D eigenvalue weighted by molar-refractivity contribution is 7.92. The van der Waals surface area contributed by atoms with Crippen LogP contribution >= 0.6 is 12.2 Å². The van der Waals surface area contributed by atoms with Gasteiger partial charge < -0.3 is 10.1 Å². The Morgan fingerprint density at radius 1 is 1.00 bits per heavy atom. The van der Waals surface area contributed by atoms with Crippen molar-refractivity contribution >= 4 is 44.9 Å². The van der Waals surface area contributed by atoms with Crippen LogP contribution in [0.4, 0.5) is 11.6 Å². The third kappa shape index (κ3) is 5.77. The van der Waals surface area contributed by atoms with Crippen LogP contribution in [-0.4, -0.2) is 36.5 Å². The zero-order chi connectivity index (χ0) is 23.3. The Bertz CT molecular complexity index is 1240. The summed E-state index contributed by atoms with van der Waals surface area (Å²) in [5, 5.41) is 5.46. The molecule has 0 saturated heterocycles. The number of para-hydroxylation sites is 1. The molecule has 0 aliphatic carbocycles. The van der Waals surface area contributed by atoms with Crippen LogP contribution in [0.3, 0.4) is 0 Å². The minimum absolute atomic E-state index is 0.00457. The van der Waals surface area contributed by atoms with E-state index >= 15 is 0 Å². The van der Waals surface area contributed by atoms with Gasteiger partial charge in [-0.05, 0) is 68.5 Å². The first-order valence-electron chi connectivity index (χ1n) is 9.38. The van der Waals surface area contributed by atoms with E-state index in [9.17, 15) is 13.2 Å². The van der Waals surface area contributed by atoms with Gasteiger partial charge in [-0.15, -0.1) is 0 Å². The predicted molar refractivity (Wildman–Crippen MR) is 125 cm³/mol. The molecular formula is C21H21N5O4S2. The minimum Gasteiger partial charge on any atom is -0.496 e. The lowest BCUT2D eigenvalue weighted by molar-refractivity contribution is 0.0974. The average molecular weight is 472 g/mol. The number of aromatic nitrogens is 2. The molecule has 3 N–H and O–H groups in total. The second-order valence-corrected chi connectivity index (χ2v) is 8.80. The lowest BCUT2D eigenvalue weighted by Gasteiger charge is -2.12. The van der Waals surface area contributed by atoms with Crippen LogP contribution in [0.15, 0.2) is 59.5 Å². The number of benzene rings is 2. The van der Waals surface area contributed by atoms with Crippen molar-refractivity contribution in [3.8, 4) is 5.75 Å². The Balaban J connectivity index is 1.66. The Kier molecular flexibility index (Phi) is 7.01. The van der Waals surface area contributed by atoms with Crippen molar-refractivity contribution in [2.75, 3.05) is 17.1 Å². The number of hydrogen-bond donors (Lipinski definition) is 3. The van der Waals surface area contributed by atoms with Crippen molar-refractivity contribution in [1.82, 2.24) is 15.3 Å². The second-order valence-electron chi connectivity index (χ2n) is 6.71. The van der Waals surface area contributed by atoms with E-state index in [1.807, 2.05) is 0 Å². The lowest BCUT2D eigenvalue weighted by atomic mass is 10.2. The van der Waals surface area contributed by atoms with E-state index < -0.39 is 15.9 Å². The van der Waals surface area contributed by atoms with Gasteiger partial charge >= 0.3 is 0 Å². The maximum atomic E-state index is 12.6. The molecule has 166 valence electrons. The van der Waals surface area contributed by atoms with Gasteiger partial charge in [0.25, 0.3) is 15.9 Å². The number of sulfonamides is 1. The molecule has 0 aliphatic heterocycles. The van der Waals surface area contributed by atoms with E-state index in [0.717, 1.165) is 0 Å². The summed E-state index contributed by atoms with van der Waals surface area (Å²) in [4.78, 5) is 20.6. The summed E-state index contributed by atoms with van der Waals surface area (Å²) >= 11 is 5.18. The number of aryl methyl sites for hydroxylation is 2. The smallest absolute Gasteiger partial charge is 0.264 e. The van der Waals surface area contributed by atoms with Crippen LogP contribution in [-0.2, 0) is 10.0 Å². The summed E-state index contributed by atoms with van der Waals surface area (Å²) in [6.45, 7) is 3.50. The number of methoxy groups -OCH3 is 1. The largest absolute Gasteiger partial charge is 0.496 e. The summed E-state index contributed by atoms with van der Waals surface area (Å²) in [7, 11) is -2.40. The molecule has 0 saturated carbocycles. The third-order valence-corrected chi connectivity index (χ3v) is 5.76. The van der Waals surface area contributed by atoms with E-state index in [-0.39, 0.29) is 16.0 Å². The number of rotatable bonds is 6. The Morgan fingerprint density at radius 3 is 2.25 bits per heavy atom. The number of carbonyl (C=O) groups is 1. The predicted octanol–water partition coefficient (Wildman–Crippen LogP) is 3.03. The fourth-order valence-corrected chi connectivity index (χ4v) is 3.99. The molecule has 0 spiro atoms. The zero-order valence-electron chi connectivity index (χ0n) is 17.5. The fourth-order valence-electron chi connectivity index (χ4n) is 2.83. The number of amides is 1. The van der Waals surface area contributed by atoms with Crippen LogP contribution in [0.25, 0.3) is 0 Å². The summed E-state index contributed by atoms with van der Waals surface area (Å²) in [6.07, 6.45) is 0. The molecule has 11 heteroatoms. The summed E-state index contributed by atoms with van der Waals surface area (Å²) in [6, 6.07) is 14.3. The van der Waals surface area contributed by atoms with Gasteiger partial charge in [0.15, 0.2) is 5.11 Å². The Labute approximate surface area is 191 Å². The number of nitrogens with zero attached hydrogens (tertiary/aromatic N) is 2. The summed E-state index contributed by atoms with van der Waals surface area (Å²) in [5.74, 6) is -0.00984.